The highest BCUT2D eigenvalue weighted by molar-refractivity contribution is 5.91. The van der Waals surface area contributed by atoms with Gasteiger partial charge in [0.05, 0.1) is 28.9 Å². The summed E-state index contributed by atoms with van der Waals surface area (Å²) in [6.07, 6.45) is -4.38. The maximum Gasteiger partial charge on any atom is 0.338 e. The van der Waals surface area contributed by atoms with Crippen LogP contribution in [0.1, 0.15) is 44.9 Å². The molecule has 35 heavy (non-hydrogen) atoms. The van der Waals surface area contributed by atoms with E-state index >= 15 is 0 Å². The van der Waals surface area contributed by atoms with Gasteiger partial charge >= 0.3 is 17.9 Å². The lowest BCUT2D eigenvalue weighted by molar-refractivity contribution is -0.212. The van der Waals surface area contributed by atoms with Crippen LogP contribution >= 0.6 is 0 Å². The molecule has 0 bridgehead atoms. The summed E-state index contributed by atoms with van der Waals surface area (Å²) in [5, 5.41) is 0. The van der Waals surface area contributed by atoms with Crippen LogP contribution in [0.2, 0.25) is 0 Å². The molecule has 0 N–H and O–H groups in total. The summed E-state index contributed by atoms with van der Waals surface area (Å²) in [7, 11) is 0. The Kier molecular flexibility index (Phi) is 7.57. The average Bonchev–Trinajstić information content (AvgIpc) is 2.89. The van der Waals surface area contributed by atoms with Gasteiger partial charge < -0.3 is 18.9 Å². The molecule has 5 atom stereocenters. The average molecular weight is 475 g/mol. The van der Waals surface area contributed by atoms with E-state index in [2.05, 4.69) is 0 Å². The second kappa shape index (κ2) is 11.0. The highest BCUT2D eigenvalue weighted by Crippen LogP contribution is 2.30. The number of carbonyl (C=O) groups is 3. The number of benzene rings is 3. The van der Waals surface area contributed by atoms with E-state index in [1.54, 1.807) is 105 Å². The summed E-state index contributed by atoms with van der Waals surface area (Å²) in [5.41, 5.74) is 0.995. The van der Waals surface area contributed by atoms with Gasteiger partial charge in [0.2, 0.25) is 0 Å². The van der Waals surface area contributed by atoms with E-state index in [0.717, 1.165) is 0 Å². The smallest absolute Gasteiger partial charge is 0.338 e. The number of hydrogen-bond donors (Lipinski definition) is 0. The van der Waals surface area contributed by atoms with Gasteiger partial charge in [0.1, 0.15) is 0 Å². The third-order valence-corrected chi connectivity index (χ3v) is 5.76. The summed E-state index contributed by atoms with van der Waals surface area (Å²) in [5.74, 6) is -1.83. The molecule has 1 heterocycles. The van der Waals surface area contributed by atoms with Crippen LogP contribution in [0.15, 0.2) is 91.0 Å². The van der Waals surface area contributed by atoms with Crippen LogP contribution in [0.5, 0.6) is 0 Å². The van der Waals surface area contributed by atoms with E-state index in [-0.39, 0.29) is 0 Å². The molecule has 0 radical (unpaired) electrons. The molecule has 0 aliphatic carbocycles. The van der Waals surface area contributed by atoms with Crippen molar-refractivity contribution in [2.45, 2.75) is 44.4 Å². The van der Waals surface area contributed by atoms with Crippen molar-refractivity contribution in [2.75, 3.05) is 0 Å². The zero-order valence-electron chi connectivity index (χ0n) is 19.4. The summed E-state index contributed by atoms with van der Waals surface area (Å²) >= 11 is 0. The fraction of sp³-hybridized carbons (Fsp3) is 0.250. The van der Waals surface area contributed by atoms with Crippen molar-refractivity contribution < 1.29 is 33.3 Å². The Morgan fingerprint density at radius 2 is 0.800 bits per heavy atom. The molecule has 1 saturated heterocycles. The van der Waals surface area contributed by atoms with E-state index in [0.29, 0.717) is 16.7 Å². The van der Waals surface area contributed by atoms with Crippen molar-refractivity contribution in [3.63, 3.8) is 0 Å². The first-order valence-corrected chi connectivity index (χ1v) is 11.4. The third-order valence-electron chi connectivity index (χ3n) is 5.76. The molecule has 0 aromatic heterocycles. The third kappa shape index (κ3) is 5.75. The summed E-state index contributed by atoms with van der Waals surface area (Å²) < 4.78 is 23.3. The molecule has 1 fully saturated rings. The maximum atomic E-state index is 13.0. The Morgan fingerprint density at radius 1 is 0.514 bits per heavy atom. The predicted molar refractivity (Wildman–Crippen MR) is 127 cm³/mol. The van der Waals surface area contributed by atoms with Crippen molar-refractivity contribution in [2.24, 2.45) is 0 Å². The van der Waals surface area contributed by atoms with Crippen LogP contribution in [0, 0.1) is 0 Å². The minimum atomic E-state index is -1.10. The summed E-state index contributed by atoms with van der Waals surface area (Å²) in [6, 6.07) is 25.4. The fourth-order valence-electron chi connectivity index (χ4n) is 3.97. The molecule has 3 aromatic carbocycles. The fourth-order valence-corrected chi connectivity index (χ4v) is 3.97. The first-order chi connectivity index (χ1) is 16.9. The van der Waals surface area contributed by atoms with Gasteiger partial charge in [-0.05, 0) is 50.2 Å². The van der Waals surface area contributed by atoms with Crippen LogP contribution in [-0.4, -0.2) is 48.4 Å². The van der Waals surface area contributed by atoms with E-state index in [1.165, 1.54) is 0 Å². The van der Waals surface area contributed by atoms with Gasteiger partial charge in [0.15, 0.2) is 18.3 Å². The Balaban J connectivity index is 1.63. The van der Waals surface area contributed by atoms with Crippen LogP contribution in [0.3, 0.4) is 0 Å². The van der Waals surface area contributed by atoms with Crippen LogP contribution in [0.25, 0.3) is 0 Å². The second-order valence-electron chi connectivity index (χ2n) is 8.25. The van der Waals surface area contributed by atoms with Crippen molar-refractivity contribution in [1.82, 2.24) is 0 Å². The van der Waals surface area contributed by atoms with Crippen molar-refractivity contribution in [1.29, 1.82) is 0 Å². The van der Waals surface area contributed by atoms with Gasteiger partial charge in [-0.2, -0.15) is 0 Å². The first-order valence-electron chi connectivity index (χ1n) is 11.4. The summed E-state index contributed by atoms with van der Waals surface area (Å²) in [4.78, 5) is 38.7. The normalized spacial score (nSPS) is 23.7. The lowest BCUT2D eigenvalue weighted by Crippen LogP contribution is -2.60. The molecule has 7 heteroatoms. The quantitative estimate of drug-likeness (QED) is 0.385. The molecule has 3 aromatic rings. The van der Waals surface area contributed by atoms with E-state index < -0.39 is 48.4 Å². The summed E-state index contributed by atoms with van der Waals surface area (Å²) in [6.45, 7) is 3.44. The Hall–Kier alpha value is -3.97. The number of hydrogen-bond acceptors (Lipinski definition) is 7. The van der Waals surface area contributed by atoms with Gasteiger partial charge in [-0.1, -0.05) is 54.6 Å². The number of carbonyl (C=O) groups excluding carboxylic acids is 3. The minimum Gasteiger partial charge on any atom is -0.452 e. The molecular weight excluding hydrogens is 448 g/mol. The number of rotatable bonds is 6. The largest absolute Gasteiger partial charge is 0.452 e. The van der Waals surface area contributed by atoms with E-state index in [1.807, 2.05) is 0 Å². The van der Waals surface area contributed by atoms with Gasteiger partial charge in [-0.3, -0.25) is 0 Å². The highest BCUT2D eigenvalue weighted by Gasteiger charge is 2.49. The molecule has 1 aliphatic rings. The maximum absolute atomic E-state index is 13.0. The lowest BCUT2D eigenvalue weighted by atomic mass is 9.95. The molecule has 0 unspecified atom stereocenters. The lowest BCUT2D eigenvalue weighted by Gasteiger charge is -2.43. The first kappa shape index (κ1) is 24.2. The van der Waals surface area contributed by atoms with Crippen molar-refractivity contribution in [3.05, 3.63) is 108 Å². The Morgan fingerprint density at radius 3 is 1.11 bits per heavy atom. The highest BCUT2D eigenvalue weighted by atomic mass is 16.6. The molecule has 0 saturated carbocycles. The number of ether oxygens (including phenoxy) is 4. The minimum absolute atomic E-state index is 0.320. The van der Waals surface area contributed by atoms with Crippen LogP contribution in [-0.2, 0) is 18.9 Å². The van der Waals surface area contributed by atoms with Crippen molar-refractivity contribution >= 4 is 17.9 Å². The van der Waals surface area contributed by atoms with Crippen LogP contribution in [0.4, 0.5) is 0 Å². The Bertz CT molecular complexity index is 1080. The molecule has 4 rings (SSSR count). The van der Waals surface area contributed by atoms with Gasteiger partial charge in [-0.25, -0.2) is 14.4 Å². The molecule has 7 nitrogen and oxygen atoms in total. The molecule has 1 aliphatic heterocycles. The van der Waals surface area contributed by atoms with Crippen molar-refractivity contribution in [3.8, 4) is 0 Å². The van der Waals surface area contributed by atoms with Gasteiger partial charge in [0.25, 0.3) is 0 Å². The van der Waals surface area contributed by atoms with E-state index in [9.17, 15) is 14.4 Å². The van der Waals surface area contributed by atoms with Gasteiger partial charge in [0, 0.05) is 0 Å². The number of esters is 3. The molecule has 0 amide bonds. The zero-order valence-corrected chi connectivity index (χ0v) is 19.4. The monoisotopic (exact) mass is 474 g/mol. The topological polar surface area (TPSA) is 88.1 Å². The molecule has 180 valence electrons. The SMILES string of the molecule is C[C@@H]1O[C@H](C)[C@@H](OC(=O)c2ccccc2)[C@H](OC(=O)c2ccccc2)[C@H]1OC(=O)c1ccccc1. The molecule has 0 spiro atoms. The standard InChI is InChI=1S/C28H26O7/c1-18-23(33-26(29)20-12-6-3-7-13-20)25(35-28(31)22-16-10-5-11-17-22)24(19(2)32-18)34-27(30)21-14-8-4-9-15-21/h3-19,23-25H,1-2H3/t18-,19+,23-,24+,25+. The zero-order chi connectivity index (χ0) is 24.8. The van der Waals surface area contributed by atoms with E-state index in [4.69, 9.17) is 18.9 Å². The second-order valence-corrected chi connectivity index (χ2v) is 8.25. The Labute approximate surface area is 203 Å². The van der Waals surface area contributed by atoms with Gasteiger partial charge in [-0.15, -0.1) is 0 Å². The van der Waals surface area contributed by atoms with Crippen LogP contribution < -0.4 is 0 Å². The predicted octanol–water partition coefficient (Wildman–Crippen LogP) is 4.47. The molecular formula is C28H26O7.